The van der Waals surface area contributed by atoms with Gasteiger partial charge >= 0.3 is 0 Å². The molecule has 0 saturated carbocycles. The van der Waals surface area contributed by atoms with Gasteiger partial charge in [0.25, 0.3) is 0 Å². The predicted octanol–water partition coefficient (Wildman–Crippen LogP) is 2.95. The minimum Gasteiger partial charge on any atom is -0.328 e. The van der Waals surface area contributed by atoms with Gasteiger partial charge in [-0.05, 0) is 50.3 Å². The zero-order valence-electron chi connectivity index (χ0n) is 12.8. The van der Waals surface area contributed by atoms with E-state index >= 15 is 0 Å². The summed E-state index contributed by atoms with van der Waals surface area (Å²) in [4.78, 5) is 9.47. The summed E-state index contributed by atoms with van der Waals surface area (Å²) >= 11 is 0. The molecule has 1 aromatic heterocycles. The minimum absolute atomic E-state index is 0.138. The Morgan fingerprint density at radius 3 is 2.76 bits per heavy atom. The Labute approximate surface area is 126 Å². The van der Waals surface area contributed by atoms with Crippen LogP contribution in [0.3, 0.4) is 0 Å². The lowest BCUT2D eigenvalue weighted by Gasteiger charge is -2.24. The Kier molecular flexibility index (Phi) is 4.02. The fraction of sp³-hybridized carbons (Fsp3) is 0.444. The number of hydrogen-bond acceptors (Lipinski definition) is 3. The number of fused-ring (bicyclic) bond motifs is 1. The van der Waals surface area contributed by atoms with Crippen molar-refractivity contribution in [2.24, 2.45) is 5.73 Å². The van der Waals surface area contributed by atoms with Crippen molar-refractivity contribution in [1.29, 1.82) is 0 Å². The minimum atomic E-state index is 0.138. The van der Waals surface area contributed by atoms with E-state index in [4.69, 9.17) is 10.7 Å². The van der Waals surface area contributed by atoms with Gasteiger partial charge in [0.1, 0.15) is 5.82 Å². The third kappa shape index (κ3) is 3.30. The molecule has 1 heterocycles. The molecule has 0 spiro atoms. The lowest BCUT2D eigenvalue weighted by atomic mass is 9.83. The van der Waals surface area contributed by atoms with Crippen LogP contribution in [0.2, 0.25) is 0 Å². The molecule has 0 amide bonds. The highest BCUT2D eigenvalue weighted by molar-refractivity contribution is 5.31. The summed E-state index contributed by atoms with van der Waals surface area (Å²) in [7, 11) is 0. The molecule has 0 saturated heterocycles. The third-order valence-corrected chi connectivity index (χ3v) is 4.17. The van der Waals surface area contributed by atoms with Gasteiger partial charge in [-0.25, -0.2) is 9.97 Å². The Hall–Kier alpha value is -1.74. The second-order valence-corrected chi connectivity index (χ2v) is 6.25. The molecule has 1 aromatic carbocycles. The van der Waals surface area contributed by atoms with E-state index in [9.17, 15) is 0 Å². The molecule has 21 heavy (non-hydrogen) atoms. The third-order valence-electron chi connectivity index (χ3n) is 4.17. The summed E-state index contributed by atoms with van der Waals surface area (Å²) in [5.74, 6) is 1.44. The first-order chi connectivity index (χ1) is 10.1. The van der Waals surface area contributed by atoms with E-state index in [1.165, 1.54) is 11.1 Å². The van der Waals surface area contributed by atoms with E-state index in [1.54, 1.807) is 0 Å². The van der Waals surface area contributed by atoms with E-state index < -0.39 is 0 Å². The highest BCUT2D eigenvalue weighted by Gasteiger charge is 2.22. The largest absolute Gasteiger partial charge is 0.328 e. The molecule has 2 atom stereocenters. The van der Waals surface area contributed by atoms with Crippen molar-refractivity contribution >= 4 is 0 Å². The van der Waals surface area contributed by atoms with E-state index in [0.29, 0.717) is 5.92 Å². The topological polar surface area (TPSA) is 51.8 Å². The molecule has 1 aliphatic carbocycles. The maximum atomic E-state index is 5.91. The number of aromatic nitrogens is 2. The molecule has 2 N–H and O–H groups in total. The molecule has 0 aliphatic heterocycles. The van der Waals surface area contributed by atoms with Crippen molar-refractivity contribution in [3.05, 3.63) is 58.7 Å². The highest BCUT2D eigenvalue weighted by atomic mass is 14.9. The SMILES string of the molecule is Cc1cc(CC(C)N)nc(C2CCc3ccccc3C2)n1. The Bertz CT molecular complexity index is 634. The van der Waals surface area contributed by atoms with Crippen LogP contribution >= 0.6 is 0 Å². The molecule has 2 unspecified atom stereocenters. The molecule has 1 aliphatic rings. The number of nitrogens with two attached hydrogens (primary N) is 1. The van der Waals surface area contributed by atoms with Gasteiger partial charge in [-0.2, -0.15) is 0 Å². The zero-order chi connectivity index (χ0) is 14.8. The van der Waals surface area contributed by atoms with Gasteiger partial charge in [-0.15, -0.1) is 0 Å². The Morgan fingerprint density at radius 1 is 1.24 bits per heavy atom. The van der Waals surface area contributed by atoms with Gasteiger partial charge in [0.2, 0.25) is 0 Å². The highest BCUT2D eigenvalue weighted by Crippen LogP contribution is 2.31. The summed E-state index contributed by atoms with van der Waals surface area (Å²) in [6.45, 7) is 4.07. The van der Waals surface area contributed by atoms with Crippen molar-refractivity contribution in [3.63, 3.8) is 0 Å². The standard InChI is InChI=1S/C18H23N3/c1-12(19)9-17-10-13(2)20-18(21-17)16-8-7-14-5-3-4-6-15(14)11-16/h3-6,10,12,16H,7-9,11,19H2,1-2H3. The molecule has 2 aromatic rings. The normalized spacial score (nSPS) is 19.1. The fourth-order valence-corrected chi connectivity index (χ4v) is 3.19. The lowest BCUT2D eigenvalue weighted by Crippen LogP contribution is -2.21. The first kappa shape index (κ1) is 14.2. The summed E-state index contributed by atoms with van der Waals surface area (Å²) in [6.07, 6.45) is 4.13. The van der Waals surface area contributed by atoms with Crippen molar-refractivity contribution in [2.75, 3.05) is 0 Å². The van der Waals surface area contributed by atoms with Crippen LogP contribution in [0.5, 0.6) is 0 Å². The van der Waals surface area contributed by atoms with Crippen LogP contribution in [0, 0.1) is 6.92 Å². The first-order valence-electron chi connectivity index (χ1n) is 7.78. The smallest absolute Gasteiger partial charge is 0.132 e. The second-order valence-electron chi connectivity index (χ2n) is 6.25. The van der Waals surface area contributed by atoms with Gasteiger partial charge in [-0.1, -0.05) is 24.3 Å². The number of rotatable bonds is 3. The molecular weight excluding hydrogens is 258 g/mol. The van der Waals surface area contributed by atoms with Gasteiger partial charge in [0.05, 0.1) is 0 Å². The average Bonchev–Trinajstić information content (AvgIpc) is 2.45. The summed E-state index contributed by atoms with van der Waals surface area (Å²) in [5, 5.41) is 0. The van der Waals surface area contributed by atoms with E-state index in [0.717, 1.165) is 42.9 Å². The van der Waals surface area contributed by atoms with Crippen LogP contribution < -0.4 is 5.73 Å². The number of benzene rings is 1. The van der Waals surface area contributed by atoms with Crippen LogP contribution in [0.4, 0.5) is 0 Å². The summed E-state index contributed by atoms with van der Waals surface area (Å²) in [6, 6.07) is 10.9. The summed E-state index contributed by atoms with van der Waals surface area (Å²) in [5.41, 5.74) is 11.0. The van der Waals surface area contributed by atoms with Gasteiger partial charge in [-0.3, -0.25) is 0 Å². The summed E-state index contributed by atoms with van der Waals surface area (Å²) < 4.78 is 0. The number of aryl methyl sites for hydroxylation is 2. The molecule has 110 valence electrons. The fourth-order valence-electron chi connectivity index (χ4n) is 3.19. The monoisotopic (exact) mass is 281 g/mol. The number of hydrogen-bond donors (Lipinski definition) is 1. The Morgan fingerprint density at radius 2 is 2.00 bits per heavy atom. The second kappa shape index (κ2) is 5.94. The van der Waals surface area contributed by atoms with Crippen LogP contribution in [-0.2, 0) is 19.3 Å². The maximum Gasteiger partial charge on any atom is 0.132 e. The number of nitrogens with zero attached hydrogens (tertiary/aromatic N) is 2. The van der Waals surface area contributed by atoms with Crippen LogP contribution in [0.15, 0.2) is 30.3 Å². The molecular formula is C18H23N3. The molecule has 3 heteroatoms. The maximum absolute atomic E-state index is 5.91. The van der Waals surface area contributed by atoms with Crippen LogP contribution in [0.1, 0.15) is 47.6 Å². The van der Waals surface area contributed by atoms with Crippen LogP contribution in [0.25, 0.3) is 0 Å². The molecule has 0 fully saturated rings. The van der Waals surface area contributed by atoms with E-state index in [-0.39, 0.29) is 6.04 Å². The van der Waals surface area contributed by atoms with Crippen molar-refractivity contribution < 1.29 is 0 Å². The first-order valence-corrected chi connectivity index (χ1v) is 7.78. The van der Waals surface area contributed by atoms with Gasteiger partial charge in [0.15, 0.2) is 0 Å². The van der Waals surface area contributed by atoms with E-state index in [2.05, 4.69) is 35.3 Å². The van der Waals surface area contributed by atoms with Gasteiger partial charge < -0.3 is 5.73 Å². The van der Waals surface area contributed by atoms with Crippen molar-refractivity contribution in [3.8, 4) is 0 Å². The Balaban J connectivity index is 1.86. The predicted molar refractivity (Wildman–Crippen MR) is 85.3 cm³/mol. The molecule has 0 radical (unpaired) electrons. The molecule has 0 bridgehead atoms. The van der Waals surface area contributed by atoms with Crippen molar-refractivity contribution in [2.45, 2.75) is 51.5 Å². The van der Waals surface area contributed by atoms with Crippen LogP contribution in [-0.4, -0.2) is 16.0 Å². The quantitative estimate of drug-likeness (QED) is 0.941. The van der Waals surface area contributed by atoms with E-state index in [1.807, 2.05) is 13.8 Å². The van der Waals surface area contributed by atoms with Gasteiger partial charge in [0, 0.05) is 29.8 Å². The average molecular weight is 281 g/mol. The zero-order valence-corrected chi connectivity index (χ0v) is 12.8. The van der Waals surface area contributed by atoms with Crippen molar-refractivity contribution in [1.82, 2.24) is 9.97 Å². The molecule has 3 rings (SSSR count). The molecule has 3 nitrogen and oxygen atoms in total. The lowest BCUT2D eigenvalue weighted by molar-refractivity contribution is 0.548.